The molecule has 1 amide bonds. The highest BCUT2D eigenvalue weighted by atomic mass is 32.2. The maximum absolute atomic E-state index is 12.9. The van der Waals surface area contributed by atoms with Crippen LogP contribution in [-0.2, 0) is 14.8 Å². The summed E-state index contributed by atoms with van der Waals surface area (Å²) in [6.07, 6.45) is 2.59. The zero-order chi connectivity index (χ0) is 24.6. The van der Waals surface area contributed by atoms with Gasteiger partial charge in [-0.3, -0.25) is 4.79 Å². The lowest BCUT2D eigenvalue weighted by Crippen LogP contribution is -2.41. The SMILES string of the molecule is CCCOc1ccc(NC(=O)C2CCN(S(=O)(=O)c3ccc(C#N)cc3)CC2)cc1OCCC. The van der Waals surface area contributed by atoms with Gasteiger partial charge in [-0.15, -0.1) is 0 Å². The number of amides is 1. The Labute approximate surface area is 201 Å². The van der Waals surface area contributed by atoms with Gasteiger partial charge < -0.3 is 14.8 Å². The van der Waals surface area contributed by atoms with Crippen LogP contribution in [0.25, 0.3) is 0 Å². The van der Waals surface area contributed by atoms with E-state index in [1.165, 1.54) is 28.6 Å². The summed E-state index contributed by atoms with van der Waals surface area (Å²) in [6, 6.07) is 13.2. The third-order valence-corrected chi connectivity index (χ3v) is 7.49. The number of piperidine rings is 1. The number of nitrogens with one attached hydrogen (secondary N) is 1. The molecule has 0 spiro atoms. The molecule has 0 unspecified atom stereocenters. The molecule has 0 aliphatic carbocycles. The topological polar surface area (TPSA) is 109 Å². The number of hydrogen-bond acceptors (Lipinski definition) is 6. The molecule has 34 heavy (non-hydrogen) atoms. The largest absolute Gasteiger partial charge is 0.490 e. The summed E-state index contributed by atoms with van der Waals surface area (Å²) in [4.78, 5) is 13.0. The van der Waals surface area contributed by atoms with E-state index in [1.54, 1.807) is 18.2 Å². The van der Waals surface area contributed by atoms with Gasteiger partial charge in [-0.25, -0.2) is 8.42 Å². The van der Waals surface area contributed by atoms with E-state index in [0.29, 0.717) is 48.8 Å². The van der Waals surface area contributed by atoms with Crippen LogP contribution in [0.1, 0.15) is 45.1 Å². The molecule has 9 heteroatoms. The third kappa shape index (κ3) is 6.27. The lowest BCUT2D eigenvalue weighted by atomic mass is 9.97. The van der Waals surface area contributed by atoms with Gasteiger partial charge in [0.2, 0.25) is 15.9 Å². The summed E-state index contributed by atoms with van der Waals surface area (Å²) in [5.74, 6) is 0.813. The number of ether oxygens (including phenoxy) is 2. The van der Waals surface area contributed by atoms with Gasteiger partial charge in [0.05, 0.1) is 29.7 Å². The predicted octanol–water partition coefficient (Wildman–Crippen LogP) is 4.18. The van der Waals surface area contributed by atoms with E-state index in [-0.39, 0.29) is 29.8 Å². The highest BCUT2D eigenvalue weighted by Gasteiger charge is 2.32. The Morgan fingerprint density at radius 2 is 1.65 bits per heavy atom. The summed E-state index contributed by atoms with van der Waals surface area (Å²) >= 11 is 0. The van der Waals surface area contributed by atoms with Crippen molar-refractivity contribution in [3.63, 3.8) is 0 Å². The highest BCUT2D eigenvalue weighted by Crippen LogP contribution is 2.32. The number of rotatable bonds is 10. The number of carbonyl (C=O) groups is 1. The Hall–Kier alpha value is -3.09. The van der Waals surface area contributed by atoms with Gasteiger partial charge >= 0.3 is 0 Å². The van der Waals surface area contributed by atoms with E-state index >= 15 is 0 Å². The zero-order valence-electron chi connectivity index (χ0n) is 19.6. The molecule has 0 bridgehead atoms. The number of hydrogen-bond donors (Lipinski definition) is 1. The molecule has 0 atom stereocenters. The first-order valence-corrected chi connectivity index (χ1v) is 13.0. The van der Waals surface area contributed by atoms with Gasteiger partial charge in [-0.2, -0.15) is 9.57 Å². The fourth-order valence-electron chi connectivity index (χ4n) is 3.70. The Morgan fingerprint density at radius 3 is 2.24 bits per heavy atom. The van der Waals surface area contributed by atoms with Crippen LogP contribution in [-0.4, -0.2) is 44.9 Å². The standard InChI is InChI=1S/C25H31N3O5S/c1-3-15-32-23-10-7-21(17-24(23)33-16-4-2)27-25(29)20-11-13-28(14-12-20)34(30,31)22-8-5-19(18-26)6-9-22/h5-10,17,20H,3-4,11-16H2,1-2H3,(H,27,29). The van der Waals surface area contributed by atoms with Crippen molar-refractivity contribution in [1.82, 2.24) is 4.31 Å². The number of nitrogens with zero attached hydrogens (tertiary/aromatic N) is 2. The van der Waals surface area contributed by atoms with Crippen LogP contribution < -0.4 is 14.8 Å². The van der Waals surface area contributed by atoms with E-state index < -0.39 is 10.0 Å². The van der Waals surface area contributed by atoms with Gasteiger partial charge in [0.25, 0.3) is 0 Å². The highest BCUT2D eigenvalue weighted by molar-refractivity contribution is 7.89. The summed E-state index contributed by atoms with van der Waals surface area (Å²) < 4.78 is 38.7. The molecule has 0 saturated carbocycles. The zero-order valence-corrected chi connectivity index (χ0v) is 20.4. The minimum Gasteiger partial charge on any atom is -0.490 e. The first kappa shape index (κ1) is 25.5. The fraction of sp³-hybridized carbons (Fsp3) is 0.440. The van der Waals surface area contributed by atoms with Crippen LogP contribution in [0.15, 0.2) is 47.4 Å². The normalized spacial score (nSPS) is 14.9. The number of sulfonamides is 1. The quantitative estimate of drug-likeness (QED) is 0.541. The molecule has 182 valence electrons. The van der Waals surface area contributed by atoms with Crippen molar-refractivity contribution in [3.05, 3.63) is 48.0 Å². The summed E-state index contributed by atoms with van der Waals surface area (Å²) in [5, 5.41) is 11.8. The molecular formula is C25H31N3O5S. The molecule has 1 heterocycles. The number of carbonyl (C=O) groups excluding carboxylic acids is 1. The van der Waals surface area contributed by atoms with Crippen molar-refractivity contribution < 1.29 is 22.7 Å². The van der Waals surface area contributed by atoms with Crippen molar-refractivity contribution in [2.45, 2.75) is 44.4 Å². The van der Waals surface area contributed by atoms with Crippen LogP contribution in [0, 0.1) is 17.2 Å². The van der Waals surface area contributed by atoms with Crippen LogP contribution in [0.4, 0.5) is 5.69 Å². The molecule has 1 N–H and O–H groups in total. The second-order valence-electron chi connectivity index (χ2n) is 8.16. The molecule has 2 aromatic rings. The Balaban J connectivity index is 1.61. The van der Waals surface area contributed by atoms with Crippen molar-refractivity contribution in [1.29, 1.82) is 5.26 Å². The molecule has 1 saturated heterocycles. The molecule has 2 aromatic carbocycles. The number of nitriles is 1. The number of benzene rings is 2. The van der Waals surface area contributed by atoms with E-state index in [4.69, 9.17) is 14.7 Å². The summed E-state index contributed by atoms with van der Waals surface area (Å²) in [6.45, 7) is 5.70. The fourth-order valence-corrected chi connectivity index (χ4v) is 5.16. The minimum atomic E-state index is -3.66. The van der Waals surface area contributed by atoms with E-state index in [9.17, 15) is 13.2 Å². The molecule has 8 nitrogen and oxygen atoms in total. The summed E-state index contributed by atoms with van der Waals surface area (Å²) in [7, 11) is -3.66. The lowest BCUT2D eigenvalue weighted by molar-refractivity contribution is -0.120. The number of anilines is 1. The third-order valence-electron chi connectivity index (χ3n) is 5.58. The summed E-state index contributed by atoms with van der Waals surface area (Å²) in [5.41, 5.74) is 1.02. The lowest BCUT2D eigenvalue weighted by Gasteiger charge is -2.30. The van der Waals surface area contributed by atoms with Crippen molar-refractivity contribution in [2.24, 2.45) is 5.92 Å². The first-order chi connectivity index (χ1) is 16.4. The molecule has 0 radical (unpaired) electrons. The van der Waals surface area contributed by atoms with Gasteiger partial charge in [-0.1, -0.05) is 13.8 Å². The van der Waals surface area contributed by atoms with Gasteiger partial charge in [0.15, 0.2) is 11.5 Å². The van der Waals surface area contributed by atoms with E-state index in [2.05, 4.69) is 5.32 Å². The monoisotopic (exact) mass is 485 g/mol. The van der Waals surface area contributed by atoms with Crippen LogP contribution in [0.5, 0.6) is 11.5 Å². The van der Waals surface area contributed by atoms with Crippen LogP contribution in [0.3, 0.4) is 0 Å². The average molecular weight is 486 g/mol. The first-order valence-electron chi connectivity index (χ1n) is 11.6. The Bertz CT molecular complexity index is 1120. The van der Waals surface area contributed by atoms with Crippen molar-refractivity contribution in [2.75, 3.05) is 31.6 Å². The maximum Gasteiger partial charge on any atom is 0.243 e. The second kappa shape index (κ2) is 11.9. The molecule has 1 aliphatic rings. The molecular weight excluding hydrogens is 454 g/mol. The smallest absolute Gasteiger partial charge is 0.243 e. The van der Waals surface area contributed by atoms with Crippen molar-refractivity contribution >= 4 is 21.6 Å². The molecule has 3 rings (SSSR count). The van der Waals surface area contributed by atoms with Crippen LogP contribution >= 0.6 is 0 Å². The van der Waals surface area contributed by atoms with E-state index in [1.807, 2.05) is 19.9 Å². The average Bonchev–Trinajstić information content (AvgIpc) is 2.87. The molecule has 1 fully saturated rings. The van der Waals surface area contributed by atoms with Gasteiger partial charge in [0, 0.05) is 30.8 Å². The van der Waals surface area contributed by atoms with Gasteiger partial charge in [0.1, 0.15) is 0 Å². The van der Waals surface area contributed by atoms with E-state index in [0.717, 1.165) is 12.8 Å². The molecule has 1 aliphatic heterocycles. The second-order valence-corrected chi connectivity index (χ2v) is 10.1. The van der Waals surface area contributed by atoms with Crippen LogP contribution in [0.2, 0.25) is 0 Å². The predicted molar refractivity (Wildman–Crippen MR) is 129 cm³/mol. The Morgan fingerprint density at radius 1 is 1.03 bits per heavy atom. The Kier molecular flexibility index (Phi) is 8.91. The van der Waals surface area contributed by atoms with Crippen molar-refractivity contribution in [3.8, 4) is 17.6 Å². The van der Waals surface area contributed by atoms with Gasteiger partial charge in [-0.05, 0) is 62.1 Å². The molecule has 0 aromatic heterocycles. The minimum absolute atomic E-state index is 0.140. The maximum atomic E-state index is 12.9.